The zero-order chi connectivity index (χ0) is 20.4. The van der Waals surface area contributed by atoms with Crippen LogP contribution in [0.3, 0.4) is 0 Å². The number of carbonyl (C=O) groups excluding carboxylic acids is 1. The molecule has 1 aromatic carbocycles. The Balaban J connectivity index is 1.37. The number of nitrogens with one attached hydrogen (secondary N) is 1. The summed E-state index contributed by atoms with van der Waals surface area (Å²) in [4.78, 5) is 17.7. The van der Waals surface area contributed by atoms with Crippen LogP contribution in [0.15, 0.2) is 52.2 Å². The first kappa shape index (κ1) is 20.2. The molecule has 0 aliphatic carbocycles. The lowest BCUT2D eigenvalue weighted by molar-refractivity contribution is 0.104. The monoisotopic (exact) mass is 447 g/mol. The van der Waals surface area contributed by atoms with Crippen LogP contribution >= 0.6 is 22.7 Å². The van der Waals surface area contributed by atoms with Gasteiger partial charge < -0.3 is 5.32 Å². The maximum atomic E-state index is 12.7. The summed E-state index contributed by atoms with van der Waals surface area (Å²) in [6, 6.07) is 11.1. The van der Waals surface area contributed by atoms with E-state index in [-0.39, 0.29) is 11.8 Å². The second kappa shape index (κ2) is 8.35. The molecule has 152 valence electrons. The summed E-state index contributed by atoms with van der Waals surface area (Å²) in [5, 5.41) is 5.84. The van der Waals surface area contributed by atoms with E-state index >= 15 is 0 Å². The maximum Gasteiger partial charge on any atom is 0.252 e. The van der Waals surface area contributed by atoms with Crippen molar-refractivity contribution in [2.24, 2.45) is 0 Å². The quantitative estimate of drug-likeness (QED) is 0.578. The molecule has 2 aromatic heterocycles. The lowest BCUT2D eigenvalue weighted by atomic mass is 10.0. The standard InChI is InChI=1S/C20H21N3O3S3/c1-14-5-2-3-6-16(14)19(24)17-13-21-20(28-17)22-15-8-10-23(11-9-15)29(25,26)18-7-4-12-27-18/h2-7,12-13,15H,8-11H2,1H3,(H,21,22). The molecular formula is C20H21N3O3S3. The van der Waals surface area contributed by atoms with Crippen LogP contribution in [0, 0.1) is 6.92 Å². The van der Waals surface area contributed by atoms with Crippen LogP contribution in [0.2, 0.25) is 0 Å². The number of rotatable bonds is 6. The molecule has 1 saturated heterocycles. The topological polar surface area (TPSA) is 79.4 Å². The van der Waals surface area contributed by atoms with Gasteiger partial charge in [0.05, 0.1) is 11.1 Å². The Hall–Kier alpha value is -2.07. The molecule has 1 N–H and O–H groups in total. The zero-order valence-electron chi connectivity index (χ0n) is 15.9. The first-order chi connectivity index (χ1) is 13.9. The number of anilines is 1. The summed E-state index contributed by atoms with van der Waals surface area (Å²) in [5.74, 6) is -0.0227. The van der Waals surface area contributed by atoms with Crippen LogP contribution in [0.4, 0.5) is 5.13 Å². The van der Waals surface area contributed by atoms with E-state index < -0.39 is 10.0 Å². The second-order valence-electron chi connectivity index (χ2n) is 6.93. The molecule has 29 heavy (non-hydrogen) atoms. The van der Waals surface area contributed by atoms with Crippen molar-refractivity contribution in [3.05, 3.63) is 64.0 Å². The van der Waals surface area contributed by atoms with E-state index in [9.17, 15) is 13.2 Å². The molecule has 6 nitrogen and oxygen atoms in total. The number of benzene rings is 1. The lowest BCUT2D eigenvalue weighted by Gasteiger charge is -2.31. The number of hydrogen-bond donors (Lipinski definition) is 1. The SMILES string of the molecule is Cc1ccccc1C(=O)c1cnc(NC2CCN(S(=O)(=O)c3cccs3)CC2)s1. The molecule has 4 rings (SSSR count). The van der Waals surface area contributed by atoms with Gasteiger partial charge in [-0.05, 0) is 36.8 Å². The first-order valence-corrected chi connectivity index (χ1v) is 12.4. The highest BCUT2D eigenvalue weighted by molar-refractivity contribution is 7.91. The summed E-state index contributed by atoms with van der Waals surface area (Å²) in [5.41, 5.74) is 1.63. The summed E-state index contributed by atoms with van der Waals surface area (Å²) < 4.78 is 27.2. The van der Waals surface area contributed by atoms with E-state index in [0.717, 1.165) is 5.56 Å². The summed E-state index contributed by atoms with van der Waals surface area (Å²) >= 11 is 2.59. The number of aromatic nitrogens is 1. The van der Waals surface area contributed by atoms with Gasteiger partial charge in [-0.3, -0.25) is 4.79 Å². The van der Waals surface area contributed by atoms with Gasteiger partial charge in [0.2, 0.25) is 5.78 Å². The van der Waals surface area contributed by atoms with Crippen LogP contribution in [0.5, 0.6) is 0 Å². The first-order valence-electron chi connectivity index (χ1n) is 9.31. The molecule has 1 aliphatic heterocycles. The van der Waals surface area contributed by atoms with Gasteiger partial charge in [0.25, 0.3) is 10.0 Å². The highest BCUT2D eigenvalue weighted by Gasteiger charge is 2.30. The number of ketones is 1. The van der Waals surface area contributed by atoms with Gasteiger partial charge in [0.15, 0.2) is 5.13 Å². The number of hydrogen-bond acceptors (Lipinski definition) is 7. The molecule has 9 heteroatoms. The third kappa shape index (κ3) is 4.28. The summed E-state index contributed by atoms with van der Waals surface area (Å²) in [6.07, 6.45) is 3.01. The van der Waals surface area contributed by atoms with Gasteiger partial charge in [-0.2, -0.15) is 4.31 Å². The molecule has 0 atom stereocenters. The average Bonchev–Trinajstić information content (AvgIpc) is 3.41. The van der Waals surface area contributed by atoms with Crippen molar-refractivity contribution in [3.8, 4) is 0 Å². The van der Waals surface area contributed by atoms with E-state index in [1.54, 1.807) is 28.0 Å². The highest BCUT2D eigenvalue weighted by atomic mass is 32.2. The lowest BCUT2D eigenvalue weighted by Crippen LogP contribution is -2.42. The second-order valence-corrected chi connectivity index (χ2v) is 11.1. The molecule has 0 saturated carbocycles. The Morgan fingerprint density at radius 3 is 2.62 bits per heavy atom. The van der Waals surface area contributed by atoms with Crippen LogP contribution in [0.1, 0.15) is 33.6 Å². The van der Waals surface area contributed by atoms with E-state index in [0.29, 0.717) is 45.7 Å². The van der Waals surface area contributed by atoms with Crippen molar-refractivity contribution >= 4 is 43.6 Å². The average molecular weight is 448 g/mol. The predicted octanol–water partition coefficient (Wildman–Crippen LogP) is 4.01. The van der Waals surface area contributed by atoms with Crippen LogP contribution in [0.25, 0.3) is 0 Å². The number of nitrogens with zero attached hydrogens (tertiary/aromatic N) is 2. The third-order valence-electron chi connectivity index (χ3n) is 4.99. The van der Waals surface area contributed by atoms with Crippen molar-refractivity contribution in [2.75, 3.05) is 18.4 Å². The van der Waals surface area contributed by atoms with Gasteiger partial charge in [0.1, 0.15) is 4.21 Å². The van der Waals surface area contributed by atoms with Gasteiger partial charge in [0, 0.05) is 24.7 Å². The summed E-state index contributed by atoms with van der Waals surface area (Å²) in [7, 11) is -3.39. The zero-order valence-corrected chi connectivity index (χ0v) is 18.3. The number of aryl methyl sites for hydroxylation is 1. The fraction of sp³-hybridized carbons (Fsp3) is 0.300. The minimum atomic E-state index is -3.39. The van der Waals surface area contributed by atoms with Crippen LogP contribution in [-0.4, -0.2) is 42.6 Å². The largest absolute Gasteiger partial charge is 0.359 e. The van der Waals surface area contributed by atoms with E-state index in [4.69, 9.17) is 0 Å². The van der Waals surface area contributed by atoms with E-state index in [1.807, 2.05) is 31.2 Å². The van der Waals surface area contributed by atoms with Crippen molar-refractivity contribution < 1.29 is 13.2 Å². The molecule has 0 bridgehead atoms. The minimum Gasteiger partial charge on any atom is -0.359 e. The smallest absolute Gasteiger partial charge is 0.252 e. The Kier molecular flexibility index (Phi) is 5.82. The molecule has 0 spiro atoms. The molecular weight excluding hydrogens is 426 g/mol. The number of thiophene rings is 1. The Bertz CT molecular complexity index is 1100. The molecule has 1 fully saturated rings. The Morgan fingerprint density at radius 1 is 1.17 bits per heavy atom. The number of carbonyl (C=O) groups is 1. The number of thiazole rings is 1. The van der Waals surface area contributed by atoms with E-state index in [1.165, 1.54) is 22.7 Å². The fourth-order valence-corrected chi connectivity index (χ4v) is 6.82. The molecule has 1 aliphatic rings. The van der Waals surface area contributed by atoms with E-state index in [2.05, 4.69) is 10.3 Å². The van der Waals surface area contributed by atoms with Crippen molar-refractivity contribution in [1.82, 2.24) is 9.29 Å². The number of sulfonamides is 1. The van der Waals surface area contributed by atoms with Gasteiger partial charge in [-0.15, -0.1) is 11.3 Å². The Morgan fingerprint density at radius 2 is 1.93 bits per heavy atom. The summed E-state index contributed by atoms with van der Waals surface area (Å²) in [6.45, 7) is 2.86. The molecule has 0 unspecified atom stereocenters. The van der Waals surface area contributed by atoms with Gasteiger partial charge >= 0.3 is 0 Å². The minimum absolute atomic E-state index is 0.0227. The highest BCUT2D eigenvalue weighted by Crippen LogP contribution is 2.27. The van der Waals surface area contributed by atoms with Gasteiger partial charge in [-0.25, -0.2) is 13.4 Å². The molecule has 0 radical (unpaired) electrons. The van der Waals surface area contributed by atoms with Crippen molar-refractivity contribution in [2.45, 2.75) is 30.0 Å². The van der Waals surface area contributed by atoms with Crippen LogP contribution < -0.4 is 5.32 Å². The third-order valence-corrected chi connectivity index (χ3v) is 9.19. The predicted molar refractivity (Wildman–Crippen MR) is 116 cm³/mol. The normalized spacial score (nSPS) is 16.0. The molecule has 0 amide bonds. The fourth-order valence-electron chi connectivity index (χ4n) is 3.36. The molecule has 3 aromatic rings. The van der Waals surface area contributed by atoms with Gasteiger partial charge in [-0.1, -0.05) is 41.7 Å². The Labute approximate surface area is 178 Å². The maximum absolute atomic E-state index is 12.7. The van der Waals surface area contributed by atoms with Crippen LogP contribution in [-0.2, 0) is 10.0 Å². The van der Waals surface area contributed by atoms with Crippen molar-refractivity contribution in [3.63, 3.8) is 0 Å². The number of piperidine rings is 1. The van der Waals surface area contributed by atoms with Crippen molar-refractivity contribution in [1.29, 1.82) is 0 Å². The molecule has 3 heterocycles.